The molecule has 0 aliphatic carbocycles. The molecule has 3 heteroatoms. The van der Waals surface area contributed by atoms with E-state index in [0.717, 1.165) is 19.5 Å². The highest BCUT2D eigenvalue weighted by molar-refractivity contribution is 5.69. The molecule has 1 unspecified atom stereocenters. The van der Waals surface area contributed by atoms with Crippen LogP contribution in [0.15, 0.2) is 24.3 Å². The molecule has 0 amide bonds. The fourth-order valence-electron chi connectivity index (χ4n) is 2.35. The Morgan fingerprint density at radius 1 is 1.41 bits per heavy atom. The van der Waals surface area contributed by atoms with Crippen LogP contribution in [0.2, 0.25) is 0 Å². The third-order valence-corrected chi connectivity index (χ3v) is 3.47. The van der Waals surface area contributed by atoms with Gasteiger partial charge in [0.15, 0.2) is 0 Å². The van der Waals surface area contributed by atoms with Gasteiger partial charge in [-0.25, -0.2) is 0 Å². The Morgan fingerprint density at radius 2 is 2.12 bits per heavy atom. The molecule has 92 valence electrons. The summed E-state index contributed by atoms with van der Waals surface area (Å²) < 4.78 is 4.72. The lowest BCUT2D eigenvalue weighted by molar-refractivity contribution is -0.142. The maximum absolute atomic E-state index is 11.3. The van der Waals surface area contributed by atoms with Crippen LogP contribution in [-0.4, -0.2) is 30.6 Å². The number of esters is 1. The molecule has 1 heterocycles. The summed E-state index contributed by atoms with van der Waals surface area (Å²) in [5, 5.41) is 0. The van der Waals surface area contributed by atoms with Gasteiger partial charge in [-0.2, -0.15) is 0 Å². The molecule has 0 N–H and O–H groups in total. The molecule has 1 atom stereocenters. The number of hydrogen-bond acceptors (Lipinski definition) is 3. The van der Waals surface area contributed by atoms with Crippen molar-refractivity contribution in [1.29, 1.82) is 0 Å². The molecule has 0 aromatic heterocycles. The molecule has 0 bridgehead atoms. The van der Waals surface area contributed by atoms with Gasteiger partial charge in [0.05, 0.1) is 13.5 Å². The normalized spacial score (nSPS) is 17.3. The Labute approximate surface area is 102 Å². The zero-order valence-electron chi connectivity index (χ0n) is 10.5. The highest BCUT2D eigenvalue weighted by atomic mass is 16.5. The second kappa shape index (κ2) is 5.32. The molecule has 1 aliphatic heterocycles. The van der Waals surface area contributed by atoms with Crippen LogP contribution in [0.4, 0.5) is 0 Å². The lowest BCUT2D eigenvalue weighted by Crippen LogP contribution is -2.38. The number of carbonyl (C=O) groups is 1. The van der Waals surface area contributed by atoms with E-state index in [-0.39, 0.29) is 12.0 Å². The number of benzene rings is 1. The van der Waals surface area contributed by atoms with Gasteiger partial charge in [0, 0.05) is 19.1 Å². The predicted octanol–water partition coefficient (Wildman–Crippen LogP) is 2.00. The fourth-order valence-corrected chi connectivity index (χ4v) is 2.35. The number of methoxy groups -OCH3 is 1. The van der Waals surface area contributed by atoms with Crippen molar-refractivity contribution in [2.24, 2.45) is 0 Å². The van der Waals surface area contributed by atoms with E-state index in [1.165, 1.54) is 18.2 Å². The maximum atomic E-state index is 11.3. The van der Waals surface area contributed by atoms with Crippen molar-refractivity contribution < 1.29 is 9.53 Å². The average Bonchev–Trinajstić information content (AvgIpc) is 2.38. The Kier molecular flexibility index (Phi) is 3.79. The largest absolute Gasteiger partial charge is 0.469 e. The quantitative estimate of drug-likeness (QED) is 0.748. The van der Waals surface area contributed by atoms with Crippen molar-refractivity contribution in [2.75, 3.05) is 13.7 Å². The van der Waals surface area contributed by atoms with Crippen LogP contribution < -0.4 is 0 Å². The molecule has 1 aliphatic rings. The van der Waals surface area contributed by atoms with Gasteiger partial charge in [0.25, 0.3) is 0 Å². The van der Waals surface area contributed by atoms with Crippen molar-refractivity contribution in [3.8, 4) is 0 Å². The van der Waals surface area contributed by atoms with Crippen LogP contribution in [-0.2, 0) is 22.5 Å². The van der Waals surface area contributed by atoms with Crippen molar-refractivity contribution in [3.63, 3.8) is 0 Å². The van der Waals surface area contributed by atoms with E-state index < -0.39 is 0 Å². The number of ether oxygens (including phenoxy) is 1. The van der Waals surface area contributed by atoms with E-state index in [9.17, 15) is 4.79 Å². The third kappa shape index (κ3) is 2.86. The van der Waals surface area contributed by atoms with Gasteiger partial charge in [-0.1, -0.05) is 24.3 Å². The molecule has 0 saturated carbocycles. The highest BCUT2D eigenvalue weighted by Crippen LogP contribution is 2.21. The van der Waals surface area contributed by atoms with Crippen molar-refractivity contribution in [2.45, 2.75) is 32.4 Å². The molecule has 1 aromatic carbocycles. The summed E-state index contributed by atoms with van der Waals surface area (Å²) in [5.74, 6) is -0.128. The van der Waals surface area contributed by atoms with E-state index in [2.05, 4.69) is 36.1 Å². The standard InChI is InChI=1S/C14H19NO2/c1-11(9-14(16)17-2)15-8-7-12-5-3-4-6-13(12)10-15/h3-6,11H,7-10H2,1-2H3. The number of hydrogen-bond donors (Lipinski definition) is 0. The molecule has 0 spiro atoms. The summed E-state index contributed by atoms with van der Waals surface area (Å²) in [4.78, 5) is 13.6. The molecule has 0 radical (unpaired) electrons. The van der Waals surface area contributed by atoms with Gasteiger partial charge in [-0.15, -0.1) is 0 Å². The zero-order valence-corrected chi connectivity index (χ0v) is 10.5. The number of nitrogens with zero attached hydrogens (tertiary/aromatic N) is 1. The number of fused-ring (bicyclic) bond motifs is 1. The Bertz CT molecular complexity index is 403. The van der Waals surface area contributed by atoms with Crippen LogP contribution in [0.5, 0.6) is 0 Å². The van der Waals surface area contributed by atoms with Gasteiger partial charge in [0.1, 0.15) is 0 Å². The molecule has 2 rings (SSSR count). The summed E-state index contributed by atoms with van der Waals surface area (Å²) in [6.07, 6.45) is 1.54. The minimum Gasteiger partial charge on any atom is -0.469 e. The summed E-state index contributed by atoms with van der Waals surface area (Å²) in [6.45, 7) is 4.05. The predicted molar refractivity (Wildman–Crippen MR) is 66.7 cm³/mol. The Morgan fingerprint density at radius 3 is 2.82 bits per heavy atom. The first-order chi connectivity index (χ1) is 8.20. The van der Waals surface area contributed by atoms with E-state index in [1.54, 1.807) is 0 Å². The van der Waals surface area contributed by atoms with Crippen LogP contribution in [0.3, 0.4) is 0 Å². The summed E-state index contributed by atoms with van der Waals surface area (Å²) >= 11 is 0. The second-order valence-electron chi connectivity index (χ2n) is 4.62. The Hall–Kier alpha value is -1.35. The fraction of sp³-hybridized carbons (Fsp3) is 0.500. The van der Waals surface area contributed by atoms with Crippen LogP contribution in [0, 0.1) is 0 Å². The minimum absolute atomic E-state index is 0.128. The monoisotopic (exact) mass is 233 g/mol. The maximum Gasteiger partial charge on any atom is 0.307 e. The van der Waals surface area contributed by atoms with Gasteiger partial charge in [-0.05, 0) is 24.5 Å². The van der Waals surface area contributed by atoms with Gasteiger partial charge in [0.2, 0.25) is 0 Å². The summed E-state index contributed by atoms with van der Waals surface area (Å²) in [6, 6.07) is 8.78. The Balaban J connectivity index is 2.00. The second-order valence-corrected chi connectivity index (χ2v) is 4.62. The molecular formula is C14H19NO2. The molecule has 0 fully saturated rings. The van der Waals surface area contributed by atoms with Crippen LogP contribution in [0.1, 0.15) is 24.5 Å². The van der Waals surface area contributed by atoms with Crippen molar-refractivity contribution in [3.05, 3.63) is 35.4 Å². The molecule has 17 heavy (non-hydrogen) atoms. The van der Waals surface area contributed by atoms with Gasteiger partial charge in [-0.3, -0.25) is 9.69 Å². The number of rotatable bonds is 3. The minimum atomic E-state index is -0.128. The van der Waals surface area contributed by atoms with Crippen molar-refractivity contribution >= 4 is 5.97 Å². The topological polar surface area (TPSA) is 29.5 Å². The third-order valence-electron chi connectivity index (χ3n) is 3.47. The van der Waals surface area contributed by atoms with Crippen molar-refractivity contribution in [1.82, 2.24) is 4.90 Å². The first-order valence-corrected chi connectivity index (χ1v) is 6.08. The van der Waals surface area contributed by atoms with E-state index >= 15 is 0 Å². The van der Waals surface area contributed by atoms with E-state index in [0.29, 0.717) is 6.42 Å². The first kappa shape index (κ1) is 12.1. The highest BCUT2D eigenvalue weighted by Gasteiger charge is 2.22. The van der Waals surface area contributed by atoms with Gasteiger partial charge < -0.3 is 4.74 Å². The average molecular weight is 233 g/mol. The van der Waals surface area contributed by atoms with Crippen LogP contribution in [0.25, 0.3) is 0 Å². The zero-order chi connectivity index (χ0) is 12.3. The molecular weight excluding hydrogens is 214 g/mol. The SMILES string of the molecule is COC(=O)CC(C)N1CCc2ccccc2C1. The van der Waals surface area contributed by atoms with Gasteiger partial charge >= 0.3 is 5.97 Å². The first-order valence-electron chi connectivity index (χ1n) is 6.08. The summed E-state index contributed by atoms with van der Waals surface area (Å²) in [7, 11) is 1.44. The number of carbonyl (C=O) groups excluding carboxylic acids is 1. The lowest BCUT2D eigenvalue weighted by Gasteiger charge is -2.33. The lowest BCUT2D eigenvalue weighted by atomic mass is 9.98. The molecule has 3 nitrogen and oxygen atoms in total. The molecule has 0 saturated heterocycles. The smallest absolute Gasteiger partial charge is 0.307 e. The van der Waals surface area contributed by atoms with E-state index in [4.69, 9.17) is 4.74 Å². The van der Waals surface area contributed by atoms with E-state index in [1.807, 2.05) is 0 Å². The molecule has 1 aromatic rings. The van der Waals surface area contributed by atoms with Crippen LogP contribution >= 0.6 is 0 Å². The summed E-state index contributed by atoms with van der Waals surface area (Å²) in [5.41, 5.74) is 2.82.